The van der Waals surface area contributed by atoms with Gasteiger partial charge in [-0.3, -0.25) is 9.98 Å². The van der Waals surface area contributed by atoms with Crippen molar-refractivity contribution in [2.45, 2.75) is 32.4 Å². The maximum atomic E-state index is 5.05. The molecule has 3 heteroatoms. The standard InChI is InChI=1S/C31H27N2Si/c1-20-24-15-13-22(21-9-5-4-6-10-21)17-28(24)31(33-20)29-18-27(29)25-11-7-8-12-26(25)30-16-14-23(19-32-30)34(2)3/h4-17,19,27H,18H2,1-3H3/b31-29+. The number of pyridine rings is 1. The summed E-state index contributed by atoms with van der Waals surface area (Å²) in [6, 6.07) is 30.6. The van der Waals surface area contributed by atoms with Crippen molar-refractivity contribution in [1.82, 2.24) is 4.98 Å². The number of nitrogens with zero attached hydrogens (tertiary/aromatic N) is 2. The van der Waals surface area contributed by atoms with Crippen LogP contribution in [-0.4, -0.2) is 19.5 Å². The predicted molar refractivity (Wildman–Crippen MR) is 145 cm³/mol. The molecule has 34 heavy (non-hydrogen) atoms. The average molecular weight is 456 g/mol. The lowest BCUT2D eigenvalue weighted by atomic mass is 9.96. The average Bonchev–Trinajstić information content (AvgIpc) is 3.61. The summed E-state index contributed by atoms with van der Waals surface area (Å²) >= 11 is 0. The van der Waals surface area contributed by atoms with Gasteiger partial charge in [0.15, 0.2) is 0 Å². The molecule has 0 N–H and O–H groups in total. The van der Waals surface area contributed by atoms with Crippen molar-refractivity contribution in [2.24, 2.45) is 4.99 Å². The van der Waals surface area contributed by atoms with Crippen molar-refractivity contribution >= 4 is 25.4 Å². The molecule has 165 valence electrons. The van der Waals surface area contributed by atoms with E-state index in [4.69, 9.17) is 9.98 Å². The fraction of sp³-hybridized carbons (Fsp3) is 0.161. The summed E-state index contributed by atoms with van der Waals surface area (Å²) in [5, 5.41) is 1.38. The highest BCUT2D eigenvalue weighted by molar-refractivity contribution is 6.70. The van der Waals surface area contributed by atoms with Gasteiger partial charge in [0, 0.05) is 34.5 Å². The van der Waals surface area contributed by atoms with Gasteiger partial charge in [-0.15, -0.1) is 0 Å². The van der Waals surface area contributed by atoms with Gasteiger partial charge in [0.2, 0.25) is 0 Å². The molecular weight excluding hydrogens is 428 g/mol. The van der Waals surface area contributed by atoms with E-state index in [0.29, 0.717) is 5.92 Å². The predicted octanol–water partition coefficient (Wildman–Crippen LogP) is 7.10. The lowest BCUT2D eigenvalue weighted by Gasteiger charge is -2.10. The Bertz CT molecular complexity index is 1450. The third-order valence-corrected chi connectivity index (χ3v) is 8.44. The van der Waals surface area contributed by atoms with Crippen molar-refractivity contribution < 1.29 is 0 Å². The fourth-order valence-electron chi connectivity index (χ4n) is 5.00. The Labute approximate surface area is 203 Å². The largest absolute Gasteiger partial charge is 0.256 e. The molecule has 6 rings (SSSR count). The number of hydrogen-bond acceptors (Lipinski definition) is 2. The first-order chi connectivity index (χ1) is 16.6. The number of fused-ring (bicyclic) bond motifs is 1. The van der Waals surface area contributed by atoms with Gasteiger partial charge in [0.05, 0.1) is 20.2 Å². The van der Waals surface area contributed by atoms with Crippen LogP contribution in [-0.2, 0) is 0 Å². The van der Waals surface area contributed by atoms with Crippen molar-refractivity contribution in [3.05, 3.63) is 113 Å². The molecule has 1 saturated carbocycles. The highest BCUT2D eigenvalue weighted by Gasteiger charge is 2.38. The summed E-state index contributed by atoms with van der Waals surface area (Å²) in [5.41, 5.74) is 12.4. The van der Waals surface area contributed by atoms with Gasteiger partial charge in [-0.25, -0.2) is 0 Å². The first-order valence-corrected chi connectivity index (χ1v) is 14.4. The van der Waals surface area contributed by atoms with E-state index >= 15 is 0 Å². The minimum atomic E-state index is -0.485. The molecule has 1 aliphatic heterocycles. The molecule has 1 aliphatic carbocycles. The Kier molecular flexibility index (Phi) is 5.15. The molecule has 0 spiro atoms. The van der Waals surface area contributed by atoms with Crippen molar-refractivity contribution in [2.75, 3.05) is 0 Å². The zero-order chi connectivity index (χ0) is 23.2. The van der Waals surface area contributed by atoms with E-state index in [1.807, 2.05) is 0 Å². The molecule has 1 atom stereocenters. The van der Waals surface area contributed by atoms with Gasteiger partial charge >= 0.3 is 0 Å². The monoisotopic (exact) mass is 455 g/mol. The number of hydrogen-bond donors (Lipinski definition) is 0. The normalized spacial score (nSPS) is 18.7. The second kappa shape index (κ2) is 8.34. The van der Waals surface area contributed by atoms with Crippen LogP contribution in [0.15, 0.2) is 102 Å². The van der Waals surface area contributed by atoms with Crippen LogP contribution >= 0.6 is 0 Å². The van der Waals surface area contributed by atoms with Gasteiger partial charge in [0.25, 0.3) is 0 Å². The van der Waals surface area contributed by atoms with Gasteiger partial charge in [-0.1, -0.05) is 85.9 Å². The quantitative estimate of drug-likeness (QED) is 0.301. The smallest absolute Gasteiger partial charge is 0.0812 e. The Hall–Kier alpha value is -3.56. The summed E-state index contributed by atoms with van der Waals surface area (Å²) in [4.78, 5) is 9.89. The third kappa shape index (κ3) is 3.66. The van der Waals surface area contributed by atoms with Crippen molar-refractivity contribution in [3.63, 3.8) is 0 Å². The summed E-state index contributed by atoms with van der Waals surface area (Å²) < 4.78 is 0. The Morgan fingerprint density at radius 1 is 0.765 bits per heavy atom. The molecule has 0 bridgehead atoms. The van der Waals surface area contributed by atoms with Crippen LogP contribution in [0.1, 0.15) is 36.0 Å². The topological polar surface area (TPSA) is 25.2 Å². The number of aromatic nitrogens is 1. The SMILES string of the molecule is CC1=N/C(=C2\CC2c2ccccc2-c2ccc([Si](C)C)cn2)c2cc(-c3ccccc3)ccc21. The van der Waals surface area contributed by atoms with E-state index in [-0.39, 0.29) is 0 Å². The van der Waals surface area contributed by atoms with Crippen LogP contribution in [0.25, 0.3) is 28.1 Å². The van der Waals surface area contributed by atoms with Crippen LogP contribution in [0, 0.1) is 0 Å². The Morgan fingerprint density at radius 2 is 1.56 bits per heavy atom. The van der Waals surface area contributed by atoms with Crippen molar-refractivity contribution in [3.8, 4) is 22.4 Å². The molecule has 0 amide bonds. The van der Waals surface area contributed by atoms with E-state index in [0.717, 1.165) is 17.8 Å². The molecule has 1 aromatic heterocycles. The van der Waals surface area contributed by atoms with Crippen LogP contribution in [0.4, 0.5) is 0 Å². The minimum Gasteiger partial charge on any atom is -0.256 e. The molecule has 2 aliphatic rings. The molecule has 0 saturated heterocycles. The molecule has 2 nitrogen and oxygen atoms in total. The van der Waals surface area contributed by atoms with Gasteiger partial charge in [-0.2, -0.15) is 0 Å². The molecule has 1 radical (unpaired) electrons. The fourth-order valence-corrected chi connectivity index (χ4v) is 5.74. The highest BCUT2D eigenvalue weighted by Crippen LogP contribution is 2.54. The van der Waals surface area contributed by atoms with Crippen LogP contribution in [0.2, 0.25) is 13.1 Å². The molecular formula is C31H27N2Si. The maximum absolute atomic E-state index is 5.05. The lowest BCUT2D eigenvalue weighted by molar-refractivity contribution is 1.15. The van der Waals surface area contributed by atoms with E-state index < -0.39 is 8.80 Å². The van der Waals surface area contributed by atoms with E-state index in [1.165, 1.54) is 49.8 Å². The number of allylic oxidation sites excluding steroid dienone is 1. The zero-order valence-corrected chi connectivity index (χ0v) is 20.8. The van der Waals surface area contributed by atoms with Crippen LogP contribution in [0.5, 0.6) is 0 Å². The maximum Gasteiger partial charge on any atom is 0.0812 e. The second-order valence-corrected chi connectivity index (χ2v) is 12.1. The summed E-state index contributed by atoms with van der Waals surface area (Å²) in [5.74, 6) is 0.410. The van der Waals surface area contributed by atoms with E-state index in [2.05, 4.69) is 111 Å². The van der Waals surface area contributed by atoms with Gasteiger partial charge in [-0.05, 0) is 52.9 Å². The zero-order valence-electron chi connectivity index (χ0n) is 19.8. The first kappa shape index (κ1) is 21.0. The molecule has 1 unspecified atom stereocenters. The molecule has 1 fully saturated rings. The third-order valence-electron chi connectivity index (χ3n) is 6.99. The number of aliphatic imine (C=N–C) groups is 1. The van der Waals surface area contributed by atoms with E-state index in [1.54, 1.807) is 0 Å². The number of rotatable bonds is 4. The van der Waals surface area contributed by atoms with E-state index in [9.17, 15) is 0 Å². The summed E-state index contributed by atoms with van der Waals surface area (Å²) in [7, 11) is -0.485. The molecule has 2 heterocycles. The second-order valence-electron chi connectivity index (χ2n) is 9.47. The summed E-state index contributed by atoms with van der Waals surface area (Å²) in [6.45, 7) is 6.74. The summed E-state index contributed by atoms with van der Waals surface area (Å²) in [6.07, 6.45) is 3.13. The molecule has 3 aromatic carbocycles. The lowest BCUT2D eigenvalue weighted by Crippen LogP contribution is -2.22. The van der Waals surface area contributed by atoms with Gasteiger partial charge < -0.3 is 0 Å². The molecule has 4 aromatic rings. The number of benzene rings is 3. The van der Waals surface area contributed by atoms with Gasteiger partial charge in [0.1, 0.15) is 0 Å². The van der Waals surface area contributed by atoms with Crippen LogP contribution in [0.3, 0.4) is 0 Å². The minimum absolute atomic E-state index is 0.410. The first-order valence-electron chi connectivity index (χ1n) is 11.9. The Balaban J connectivity index is 1.38. The van der Waals surface area contributed by atoms with Crippen molar-refractivity contribution in [1.29, 1.82) is 0 Å². The van der Waals surface area contributed by atoms with Crippen LogP contribution < -0.4 is 5.19 Å². The Morgan fingerprint density at radius 3 is 2.32 bits per heavy atom. The highest BCUT2D eigenvalue weighted by atomic mass is 28.3.